The molecule has 0 aliphatic carbocycles. The SMILES string of the molecule is COc1cc(OC)cc(S(=O)(=O)c2ccc(CNC(=O)C3Cc4cnccc4N3)cc2)c1. The highest BCUT2D eigenvalue weighted by Gasteiger charge is 2.26. The Morgan fingerprint density at radius 1 is 1.06 bits per heavy atom. The van der Waals surface area contributed by atoms with Crippen molar-refractivity contribution in [2.45, 2.75) is 28.8 Å². The number of carbonyl (C=O) groups is 1. The van der Waals surface area contributed by atoms with E-state index in [9.17, 15) is 13.2 Å². The van der Waals surface area contributed by atoms with Gasteiger partial charge in [-0.15, -0.1) is 0 Å². The minimum Gasteiger partial charge on any atom is -0.497 e. The summed E-state index contributed by atoms with van der Waals surface area (Å²) >= 11 is 0. The van der Waals surface area contributed by atoms with Gasteiger partial charge in [0.25, 0.3) is 0 Å². The van der Waals surface area contributed by atoms with Crippen LogP contribution in [0.4, 0.5) is 5.69 Å². The zero-order chi connectivity index (χ0) is 22.7. The highest BCUT2D eigenvalue weighted by molar-refractivity contribution is 7.91. The number of nitrogens with one attached hydrogen (secondary N) is 2. The van der Waals surface area contributed by atoms with Gasteiger partial charge in [-0.05, 0) is 41.5 Å². The Morgan fingerprint density at radius 2 is 1.75 bits per heavy atom. The Kier molecular flexibility index (Phi) is 6.00. The molecular weight excluding hydrogens is 430 g/mol. The Hall–Kier alpha value is -3.59. The molecule has 2 heterocycles. The summed E-state index contributed by atoms with van der Waals surface area (Å²) in [6.07, 6.45) is 4.02. The van der Waals surface area contributed by atoms with E-state index < -0.39 is 9.84 Å². The van der Waals surface area contributed by atoms with Crippen LogP contribution in [-0.2, 0) is 27.6 Å². The van der Waals surface area contributed by atoms with E-state index in [-0.39, 0.29) is 21.7 Å². The standard InChI is InChI=1S/C23H23N3O5S/c1-30-17-10-18(31-2)12-20(11-17)32(28,29)19-5-3-15(4-6-19)13-25-23(27)22-9-16-14-24-8-7-21(16)26-22/h3-8,10-12,14,22,26H,9,13H2,1-2H3,(H,25,27). The van der Waals surface area contributed by atoms with Gasteiger partial charge >= 0.3 is 0 Å². The summed E-state index contributed by atoms with van der Waals surface area (Å²) in [7, 11) is -0.833. The zero-order valence-corrected chi connectivity index (χ0v) is 18.5. The molecule has 0 spiro atoms. The second-order valence-electron chi connectivity index (χ2n) is 7.35. The van der Waals surface area contributed by atoms with Crippen molar-refractivity contribution in [2.75, 3.05) is 19.5 Å². The highest BCUT2D eigenvalue weighted by atomic mass is 32.2. The fourth-order valence-electron chi connectivity index (χ4n) is 3.52. The molecule has 0 radical (unpaired) electrons. The molecule has 1 atom stereocenters. The van der Waals surface area contributed by atoms with Crippen molar-refractivity contribution in [3.05, 3.63) is 72.1 Å². The largest absolute Gasteiger partial charge is 0.497 e. The molecule has 9 heteroatoms. The maximum atomic E-state index is 13.0. The molecule has 3 aromatic rings. The number of amides is 1. The number of methoxy groups -OCH3 is 2. The lowest BCUT2D eigenvalue weighted by Gasteiger charge is -2.13. The molecule has 1 aliphatic heterocycles. The first-order chi connectivity index (χ1) is 15.4. The summed E-state index contributed by atoms with van der Waals surface area (Å²) in [5.41, 5.74) is 2.72. The highest BCUT2D eigenvalue weighted by Crippen LogP contribution is 2.29. The normalized spacial score (nSPS) is 14.9. The van der Waals surface area contributed by atoms with E-state index in [1.54, 1.807) is 30.6 Å². The fourth-order valence-corrected chi connectivity index (χ4v) is 4.83. The number of ether oxygens (including phenoxy) is 2. The van der Waals surface area contributed by atoms with Gasteiger partial charge in [0.2, 0.25) is 15.7 Å². The number of nitrogens with zero attached hydrogens (tertiary/aromatic N) is 1. The van der Waals surface area contributed by atoms with Gasteiger partial charge in [-0.3, -0.25) is 9.78 Å². The van der Waals surface area contributed by atoms with E-state index in [4.69, 9.17) is 9.47 Å². The molecule has 1 aliphatic rings. The molecule has 8 nitrogen and oxygen atoms in total. The van der Waals surface area contributed by atoms with Gasteiger partial charge in [0.1, 0.15) is 17.5 Å². The van der Waals surface area contributed by atoms with Crippen LogP contribution < -0.4 is 20.1 Å². The number of hydrogen-bond donors (Lipinski definition) is 2. The number of sulfone groups is 1. The lowest BCUT2D eigenvalue weighted by Crippen LogP contribution is -2.38. The summed E-state index contributed by atoms with van der Waals surface area (Å²) in [6, 6.07) is 12.4. The number of hydrogen-bond acceptors (Lipinski definition) is 7. The smallest absolute Gasteiger partial charge is 0.243 e. The monoisotopic (exact) mass is 453 g/mol. The van der Waals surface area contributed by atoms with Crippen LogP contribution in [0.1, 0.15) is 11.1 Å². The summed E-state index contributed by atoms with van der Waals surface area (Å²) in [4.78, 5) is 16.8. The molecule has 1 amide bonds. The molecule has 0 fully saturated rings. The molecule has 1 aromatic heterocycles. The van der Waals surface area contributed by atoms with Gasteiger partial charge in [-0.2, -0.15) is 0 Å². The van der Waals surface area contributed by atoms with Crippen molar-refractivity contribution in [1.82, 2.24) is 10.3 Å². The van der Waals surface area contributed by atoms with Crippen molar-refractivity contribution in [2.24, 2.45) is 0 Å². The van der Waals surface area contributed by atoms with Crippen LogP contribution in [0.2, 0.25) is 0 Å². The summed E-state index contributed by atoms with van der Waals surface area (Å²) < 4.78 is 36.4. The van der Waals surface area contributed by atoms with Gasteiger partial charge in [0, 0.05) is 37.1 Å². The van der Waals surface area contributed by atoms with Crippen LogP contribution in [0.5, 0.6) is 11.5 Å². The first kappa shape index (κ1) is 21.6. The van der Waals surface area contributed by atoms with Crippen LogP contribution in [-0.4, -0.2) is 39.6 Å². The number of rotatable bonds is 7. The molecule has 2 N–H and O–H groups in total. The molecule has 4 rings (SSSR count). The van der Waals surface area contributed by atoms with Crippen molar-refractivity contribution in [3.8, 4) is 11.5 Å². The van der Waals surface area contributed by atoms with Gasteiger partial charge < -0.3 is 20.1 Å². The number of carbonyl (C=O) groups excluding carboxylic acids is 1. The molecule has 166 valence electrons. The van der Waals surface area contributed by atoms with Crippen molar-refractivity contribution in [3.63, 3.8) is 0 Å². The van der Waals surface area contributed by atoms with Crippen molar-refractivity contribution >= 4 is 21.4 Å². The molecular formula is C23H23N3O5S. The lowest BCUT2D eigenvalue weighted by atomic mass is 10.1. The number of benzene rings is 2. The van der Waals surface area contributed by atoms with Crippen LogP contribution in [0, 0.1) is 0 Å². The third-order valence-electron chi connectivity index (χ3n) is 5.31. The molecule has 1 unspecified atom stereocenters. The van der Waals surface area contributed by atoms with E-state index >= 15 is 0 Å². The predicted octanol–water partition coefficient (Wildman–Crippen LogP) is 2.58. The average molecular weight is 454 g/mol. The van der Waals surface area contributed by atoms with Gasteiger partial charge in [-0.25, -0.2) is 8.42 Å². The Balaban J connectivity index is 1.43. The summed E-state index contributed by atoms with van der Waals surface area (Å²) in [5, 5.41) is 6.08. The molecule has 0 bridgehead atoms. The quantitative estimate of drug-likeness (QED) is 0.566. The lowest BCUT2D eigenvalue weighted by molar-refractivity contribution is -0.121. The molecule has 0 saturated heterocycles. The molecule has 32 heavy (non-hydrogen) atoms. The van der Waals surface area contributed by atoms with E-state index in [0.717, 1.165) is 16.8 Å². The Bertz CT molecular complexity index is 1200. The van der Waals surface area contributed by atoms with Gasteiger partial charge in [-0.1, -0.05) is 12.1 Å². The third kappa shape index (κ3) is 4.38. The van der Waals surface area contributed by atoms with Crippen LogP contribution >= 0.6 is 0 Å². The minimum atomic E-state index is -3.76. The second kappa shape index (κ2) is 8.88. The summed E-state index contributed by atoms with van der Waals surface area (Å²) in [5.74, 6) is 0.655. The minimum absolute atomic E-state index is 0.0797. The van der Waals surface area contributed by atoms with Gasteiger partial charge in [0.15, 0.2) is 0 Å². The average Bonchev–Trinajstić information content (AvgIpc) is 3.27. The maximum Gasteiger partial charge on any atom is 0.243 e. The van der Waals surface area contributed by atoms with E-state index in [1.165, 1.54) is 38.5 Å². The van der Waals surface area contributed by atoms with Crippen molar-refractivity contribution in [1.29, 1.82) is 0 Å². The van der Waals surface area contributed by atoms with Gasteiger partial charge in [0.05, 0.1) is 24.0 Å². The fraction of sp³-hybridized carbons (Fsp3) is 0.217. The Morgan fingerprint density at radius 3 is 2.38 bits per heavy atom. The number of aromatic nitrogens is 1. The zero-order valence-electron chi connectivity index (χ0n) is 17.7. The van der Waals surface area contributed by atoms with Crippen LogP contribution in [0.15, 0.2) is 70.7 Å². The first-order valence-electron chi connectivity index (χ1n) is 9.95. The first-order valence-corrected chi connectivity index (χ1v) is 11.4. The molecule has 2 aromatic carbocycles. The summed E-state index contributed by atoms with van der Waals surface area (Å²) in [6.45, 7) is 0.291. The van der Waals surface area contributed by atoms with E-state index in [0.29, 0.717) is 24.5 Å². The Labute approximate surface area is 186 Å². The number of pyridine rings is 1. The molecule has 0 saturated carbocycles. The predicted molar refractivity (Wildman–Crippen MR) is 119 cm³/mol. The van der Waals surface area contributed by atoms with Crippen LogP contribution in [0.3, 0.4) is 0 Å². The third-order valence-corrected chi connectivity index (χ3v) is 7.06. The second-order valence-corrected chi connectivity index (χ2v) is 9.30. The van der Waals surface area contributed by atoms with Crippen molar-refractivity contribution < 1.29 is 22.7 Å². The maximum absolute atomic E-state index is 13.0. The topological polar surface area (TPSA) is 107 Å². The van der Waals surface area contributed by atoms with E-state index in [1.807, 2.05) is 6.07 Å². The van der Waals surface area contributed by atoms with E-state index in [2.05, 4.69) is 15.6 Å². The van der Waals surface area contributed by atoms with Crippen LogP contribution in [0.25, 0.3) is 0 Å². The number of anilines is 1. The number of fused-ring (bicyclic) bond motifs is 1.